The number of carbonyl (C=O) groups is 1. The number of nitriles is 1. The first-order valence-electron chi connectivity index (χ1n) is 6.07. The minimum atomic E-state index is -0.965. The van der Waals surface area contributed by atoms with Crippen LogP contribution in [0.5, 0.6) is 0 Å². The van der Waals surface area contributed by atoms with Gasteiger partial charge in [-0.2, -0.15) is 5.26 Å². The molecule has 1 aromatic carbocycles. The van der Waals surface area contributed by atoms with Gasteiger partial charge in [-0.3, -0.25) is 0 Å². The van der Waals surface area contributed by atoms with Gasteiger partial charge in [-0.1, -0.05) is 0 Å². The van der Waals surface area contributed by atoms with Gasteiger partial charge in [-0.05, 0) is 24.3 Å². The SMILES string of the molecule is CN(Cc1cnc(N)c(C#N)n1)c1ccc(C(=O)O)cc1. The second-order valence-corrected chi connectivity index (χ2v) is 4.42. The third-order valence-corrected chi connectivity index (χ3v) is 2.91. The van der Waals surface area contributed by atoms with E-state index in [1.807, 2.05) is 18.0 Å². The molecule has 0 spiro atoms. The van der Waals surface area contributed by atoms with Crippen LogP contribution < -0.4 is 10.6 Å². The summed E-state index contributed by atoms with van der Waals surface area (Å²) in [6.45, 7) is 0.425. The molecule has 106 valence electrons. The highest BCUT2D eigenvalue weighted by molar-refractivity contribution is 5.88. The quantitative estimate of drug-likeness (QED) is 0.867. The summed E-state index contributed by atoms with van der Waals surface area (Å²) in [6, 6.07) is 8.36. The Hall–Kier alpha value is -3.14. The monoisotopic (exact) mass is 283 g/mol. The van der Waals surface area contributed by atoms with Gasteiger partial charge in [0.1, 0.15) is 6.07 Å². The number of nitrogens with zero attached hydrogens (tertiary/aromatic N) is 4. The number of carboxylic acids is 1. The predicted octanol–water partition coefficient (Wildman–Crippen LogP) is 1.27. The number of nitrogens with two attached hydrogens (primary N) is 1. The molecule has 0 aliphatic heterocycles. The van der Waals surface area contributed by atoms with Crippen molar-refractivity contribution < 1.29 is 9.90 Å². The van der Waals surface area contributed by atoms with Crippen LogP contribution in [0, 0.1) is 11.3 Å². The molecule has 0 saturated heterocycles. The first-order valence-corrected chi connectivity index (χ1v) is 6.07. The van der Waals surface area contributed by atoms with Crippen molar-refractivity contribution in [2.75, 3.05) is 17.7 Å². The van der Waals surface area contributed by atoms with E-state index in [1.165, 1.54) is 18.3 Å². The molecule has 0 aliphatic rings. The van der Waals surface area contributed by atoms with E-state index in [0.717, 1.165) is 5.69 Å². The lowest BCUT2D eigenvalue weighted by Crippen LogP contribution is -2.18. The molecule has 1 aromatic heterocycles. The van der Waals surface area contributed by atoms with Crippen molar-refractivity contribution in [2.24, 2.45) is 0 Å². The van der Waals surface area contributed by atoms with Gasteiger partial charge in [-0.25, -0.2) is 14.8 Å². The van der Waals surface area contributed by atoms with Crippen LogP contribution in [-0.4, -0.2) is 28.1 Å². The Morgan fingerprint density at radius 3 is 2.67 bits per heavy atom. The van der Waals surface area contributed by atoms with Crippen LogP contribution in [0.15, 0.2) is 30.5 Å². The van der Waals surface area contributed by atoms with Crippen molar-refractivity contribution in [3.05, 3.63) is 47.4 Å². The third kappa shape index (κ3) is 3.25. The highest BCUT2D eigenvalue weighted by Gasteiger charge is 2.08. The van der Waals surface area contributed by atoms with E-state index >= 15 is 0 Å². The summed E-state index contributed by atoms with van der Waals surface area (Å²) >= 11 is 0. The molecule has 0 fully saturated rings. The van der Waals surface area contributed by atoms with Crippen LogP contribution >= 0.6 is 0 Å². The van der Waals surface area contributed by atoms with Gasteiger partial charge in [0, 0.05) is 12.7 Å². The molecule has 0 atom stereocenters. The number of benzene rings is 1. The maximum Gasteiger partial charge on any atom is 0.335 e. The van der Waals surface area contributed by atoms with E-state index in [-0.39, 0.29) is 17.1 Å². The second-order valence-electron chi connectivity index (χ2n) is 4.42. The maximum atomic E-state index is 10.8. The smallest absolute Gasteiger partial charge is 0.335 e. The molecule has 0 unspecified atom stereocenters. The molecule has 0 saturated carbocycles. The molecule has 0 aliphatic carbocycles. The first-order chi connectivity index (χ1) is 10.0. The zero-order valence-electron chi connectivity index (χ0n) is 11.3. The van der Waals surface area contributed by atoms with Gasteiger partial charge in [0.05, 0.1) is 24.0 Å². The largest absolute Gasteiger partial charge is 0.478 e. The summed E-state index contributed by atoms with van der Waals surface area (Å²) in [6.07, 6.45) is 1.51. The number of anilines is 2. The summed E-state index contributed by atoms with van der Waals surface area (Å²) in [4.78, 5) is 20.7. The van der Waals surface area contributed by atoms with Gasteiger partial charge < -0.3 is 15.7 Å². The van der Waals surface area contributed by atoms with Crippen LogP contribution in [0.1, 0.15) is 21.7 Å². The van der Waals surface area contributed by atoms with Gasteiger partial charge in [-0.15, -0.1) is 0 Å². The molecule has 7 heteroatoms. The van der Waals surface area contributed by atoms with E-state index in [9.17, 15) is 4.79 Å². The summed E-state index contributed by atoms with van der Waals surface area (Å²) < 4.78 is 0. The molecule has 21 heavy (non-hydrogen) atoms. The van der Waals surface area contributed by atoms with Gasteiger partial charge in [0.2, 0.25) is 0 Å². The molecular formula is C14H13N5O2. The first kappa shape index (κ1) is 14.3. The zero-order valence-corrected chi connectivity index (χ0v) is 11.3. The van der Waals surface area contributed by atoms with Crippen molar-refractivity contribution in [1.82, 2.24) is 9.97 Å². The Morgan fingerprint density at radius 2 is 2.10 bits per heavy atom. The molecule has 1 heterocycles. The number of nitrogen functional groups attached to an aromatic ring is 1. The van der Waals surface area contributed by atoms with E-state index in [0.29, 0.717) is 12.2 Å². The minimum absolute atomic E-state index is 0.0992. The molecular weight excluding hydrogens is 270 g/mol. The lowest BCUT2D eigenvalue weighted by Gasteiger charge is -2.19. The molecule has 7 nitrogen and oxygen atoms in total. The number of rotatable bonds is 4. The topological polar surface area (TPSA) is 116 Å². The average Bonchev–Trinajstić information content (AvgIpc) is 2.49. The second kappa shape index (κ2) is 5.88. The Morgan fingerprint density at radius 1 is 1.43 bits per heavy atom. The average molecular weight is 283 g/mol. The Balaban J connectivity index is 2.16. The fourth-order valence-corrected chi connectivity index (χ4v) is 1.79. The standard InChI is InChI=1S/C14H13N5O2/c1-19(11-4-2-9(3-5-11)14(20)21)8-10-7-17-13(16)12(6-15)18-10/h2-5,7H,8H2,1H3,(H2,16,17)(H,20,21). The number of hydrogen-bond acceptors (Lipinski definition) is 6. The minimum Gasteiger partial charge on any atom is -0.478 e. The van der Waals surface area contributed by atoms with Gasteiger partial charge >= 0.3 is 5.97 Å². The lowest BCUT2D eigenvalue weighted by molar-refractivity contribution is 0.0697. The van der Waals surface area contributed by atoms with Crippen molar-refractivity contribution in [3.8, 4) is 6.07 Å². The zero-order chi connectivity index (χ0) is 15.4. The van der Waals surface area contributed by atoms with Crippen molar-refractivity contribution in [1.29, 1.82) is 5.26 Å². The van der Waals surface area contributed by atoms with Crippen molar-refractivity contribution in [2.45, 2.75) is 6.54 Å². The maximum absolute atomic E-state index is 10.8. The Kier molecular flexibility index (Phi) is 4.00. The highest BCUT2D eigenvalue weighted by Crippen LogP contribution is 2.16. The third-order valence-electron chi connectivity index (χ3n) is 2.91. The Labute approximate surface area is 121 Å². The van der Waals surface area contributed by atoms with Crippen LogP contribution in [0.3, 0.4) is 0 Å². The fraction of sp³-hybridized carbons (Fsp3) is 0.143. The molecule has 3 N–H and O–H groups in total. The summed E-state index contributed by atoms with van der Waals surface area (Å²) in [5, 5.41) is 17.7. The lowest BCUT2D eigenvalue weighted by atomic mass is 10.2. The van der Waals surface area contributed by atoms with Crippen LogP contribution in [-0.2, 0) is 6.54 Å². The summed E-state index contributed by atoms with van der Waals surface area (Å²) in [7, 11) is 1.83. The van der Waals surface area contributed by atoms with E-state index in [2.05, 4.69) is 9.97 Å². The van der Waals surface area contributed by atoms with E-state index in [1.54, 1.807) is 12.1 Å². The molecule has 0 radical (unpaired) electrons. The number of aromatic carboxylic acids is 1. The molecule has 2 rings (SSSR count). The molecule has 0 amide bonds. The van der Waals surface area contributed by atoms with Crippen LogP contribution in [0.4, 0.5) is 11.5 Å². The fourth-order valence-electron chi connectivity index (χ4n) is 1.79. The van der Waals surface area contributed by atoms with Gasteiger partial charge in [0.25, 0.3) is 0 Å². The van der Waals surface area contributed by atoms with Crippen LogP contribution in [0.25, 0.3) is 0 Å². The highest BCUT2D eigenvalue weighted by atomic mass is 16.4. The van der Waals surface area contributed by atoms with Crippen LogP contribution in [0.2, 0.25) is 0 Å². The van der Waals surface area contributed by atoms with E-state index < -0.39 is 5.97 Å². The number of carboxylic acid groups (broad SMARTS) is 1. The Bertz CT molecular complexity index is 706. The van der Waals surface area contributed by atoms with Gasteiger partial charge in [0.15, 0.2) is 11.5 Å². The van der Waals surface area contributed by atoms with Crippen molar-refractivity contribution >= 4 is 17.5 Å². The molecule has 2 aromatic rings. The number of aromatic nitrogens is 2. The number of hydrogen-bond donors (Lipinski definition) is 2. The van der Waals surface area contributed by atoms with Crippen molar-refractivity contribution in [3.63, 3.8) is 0 Å². The predicted molar refractivity (Wildman–Crippen MR) is 76.7 cm³/mol. The van der Waals surface area contributed by atoms with E-state index in [4.69, 9.17) is 16.1 Å². The normalized spacial score (nSPS) is 9.90. The summed E-state index contributed by atoms with van der Waals surface area (Å²) in [5.41, 5.74) is 7.28. The molecule has 0 bridgehead atoms. The summed E-state index contributed by atoms with van der Waals surface area (Å²) in [5.74, 6) is -0.859.